The lowest BCUT2D eigenvalue weighted by molar-refractivity contribution is 0.321. The summed E-state index contributed by atoms with van der Waals surface area (Å²) in [6.07, 6.45) is 4.34. The number of nitrogens with two attached hydrogens (primary N) is 1. The molecule has 2 N–H and O–H groups in total. The van der Waals surface area contributed by atoms with E-state index < -0.39 is 0 Å². The van der Waals surface area contributed by atoms with Gasteiger partial charge in [0, 0.05) is 24.5 Å². The Balaban J connectivity index is 2.22. The highest BCUT2D eigenvalue weighted by molar-refractivity contribution is 5.07. The first-order valence-electron chi connectivity index (χ1n) is 4.95. The molecule has 2 atom stereocenters. The van der Waals surface area contributed by atoms with Crippen LogP contribution in [0.5, 0.6) is 0 Å². The standard InChI is InChI=1S/C10H17N3/c1-7(11)9-3-4-10-5-12-8(2)13(10)6-9/h5,7,9H,3-4,6,11H2,1-2H3. The molecule has 1 aliphatic heterocycles. The SMILES string of the molecule is Cc1ncc2n1CC(C(C)N)CC2. The Morgan fingerprint density at radius 3 is 3.15 bits per heavy atom. The lowest BCUT2D eigenvalue weighted by Crippen LogP contribution is -2.34. The Labute approximate surface area is 79.0 Å². The van der Waals surface area contributed by atoms with Crippen LogP contribution in [0.15, 0.2) is 6.20 Å². The van der Waals surface area contributed by atoms with Crippen LogP contribution in [-0.2, 0) is 13.0 Å². The molecule has 0 aliphatic carbocycles. The van der Waals surface area contributed by atoms with Crippen LogP contribution in [0.4, 0.5) is 0 Å². The normalized spacial score (nSPS) is 24.1. The third-order valence-corrected chi connectivity index (χ3v) is 3.07. The van der Waals surface area contributed by atoms with Crippen LogP contribution in [0.3, 0.4) is 0 Å². The molecule has 0 saturated heterocycles. The van der Waals surface area contributed by atoms with Crippen LogP contribution in [0.1, 0.15) is 24.9 Å². The molecule has 0 bridgehead atoms. The van der Waals surface area contributed by atoms with Gasteiger partial charge in [-0.25, -0.2) is 4.98 Å². The molecule has 2 rings (SSSR count). The summed E-state index contributed by atoms with van der Waals surface area (Å²) >= 11 is 0. The number of rotatable bonds is 1. The molecule has 0 spiro atoms. The molecule has 0 fully saturated rings. The van der Waals surface area contributed by atoms with Crippen molar-refractivity contribution >= 4 is 0 Å². The molecule has 0 aromatic carbocycles. The minimum atomic E-state index is 0.301. The number of hydrogen-bond acceptors (Lipinski definition) is 2. The second-order valence-electron chi connectivity index (χ2n) is 4.07. The predicted molar refractivity (Wildman–Crippen MR) is 52.4 cm³/mol. The van der Waals surface area contributed by atoms with E-state index in [0.29, 0.717) is 12.0 Å². The van der Waals surface area contributed by atoms with Gasteiger partial charge < -0.3 is 10.3 Å². The fourth-order valence-corrected chi connectivity index (χ4v) is 2.05. The molecule has 3 nitrogen and oxygen atoms in total. The molecule has 1 aromatic heterocycles. The highest BCUT2D eigenvalue weighted by Gasteiger charge is 2.22. The van der Waals surface area contributed by atoms with E-state index in [0.717, 1.165) is 18.8 Å². The minimum absolute atomic E-state index is 0.301. The Bertz CT molecular complexity index is 301. The van der Waals surface area contributed by atoms with E-state index in [-0.39, 0.29) is 0 Å². The van der Waals surface area contributed by atoms with Crippen molar-refractivity contribution in [2.45, 2.75) is 39.3 Å². The second-order valence-corrected chi connectivity index (χ2v) is 4.07. The van der Waals surface area contributed by atoms with E-state index >= 15 is 0 Å². The minimum Gasteiger partial charge on any atom is -0.332 e. The first-order chi connectivity index (χ1) is 6.18. The van der Waals surface area contributed by atoms with Gasteiger partial charge in [-0.1, -0.05) is 0 Å². The van der Waals surface area contributed by atoms with Crippen molar-refractivity contribution in [1.29, 1.82) is 0 Å². The fourth-order valence-electron chi connectivity index (χ4n) is 2.05. The van der Waals surface area contributed by atoms with E-state index in [2.05, 4.69) is 23.4 Å². The maximum atomic E-state index is 5.91. The highest BCUT2D eigenvalue weighted by atomic mass is 15.1. The number of hydrogen-bond donors (Lipinski definition) is 1. The zero-order chi connectivity index (χ0) is 9.42. The third-order valence-electron chi connectivity index (χ3n) is 3.07. The number of aromatic nitrogens is 2. The molecule has 0 radical (unpaired) electrons. The summed E-state index contributed by atoms with van der Waals surface area (Å²) < 4.78 is 2.30. The van der Waals surface area contributed by atoms with Crippen molar-refractivity contribution in [3.8, 4) is 0 Å². The van der Waals surface area contributed by atoms with E-state index in [9.17, 15) is 0 Å². The van der Waals surface area contributed by atoms with Gasteiger partial charge >= 0.3 is 0 Å². The number of imidazole rings is 1. The van der Waals surface area contributed by atoms with Crippen molar-refractivity contribution in [2.75, 3.05) is 0 Å². The van der Waals surface area contributed by atoms with Crippen molar-refractivity contribution < 1.29 is 0 Å². The van der Waals surface area contributed by atoms with Gasteiger partial charge in [0.25, 0.3) is 0 Å². The van der Waals surface area contributed by atoms with Crippen molar-refractivity contribution in [3.05, 3.63) is 17.7 Å². The first-order valence-corrected chi connectivity index (χ1v) is 4.95. The van der Waals surface area contributed by atoms with Crippen LogP contribution >= 0.6 is 0 Å². The van der Waals surface area contributed by atoms with Crippen molar-refractivity contribution in [2.24, 2.45) is 11.7 Å². The van der Waals surface area contributed by atoms with Crippen LogP contribution in [0.2, 0.25) is 0 Å². The molecular formula is C10H17N3. The zero-order valence-corrected chi connectivity index (χ0v) is 8.33. The highest BCUT2D eigenvalue weighted by Crippen LogP contribution is 2.22. The van der Waals surface area contributed by atoms with Gasteiger partial charge in [0.15, 0.2) is 0 Å². The lowest BCUT2D eigenvalue weighted by Gasteiger charge is -2.27. The lowest BCUT2D eigenvalue weighted by atomic mass is 9.92. The molecule has 13 heavy (non-hydrogen) atoms. The molecule has 72 valence electrons. The summed E-state index contributed by atoms with van der Waals surface area (Å²) in [5, 5.41) is 0. The molecule has 2 unspecified atom stereocenters. The van der Waals surface area contributed by atoms with E-state index in [1.165, 1.54) is 12.1 Å². The Kier molecular flexibility index (Phi) is 2.12. The maximum absolute atomic E-state index is 5.91. The quantitative estimate of drug-likeness (QED) is 0.701. The summed E-state index contributed by atoms with van der Waals surface area (Å²) in [4.78, 5) is 4.31. The summed E-state index contributed by atoms with van der Waals surface area (Å²) in [6.45, 7) is 5.22. The molecule has 0 saturated carbocycles. The molecule has 2 heterocycles. The van der Waals surface area contributed by atoms with Gasteiger partial charge in [-0.3, -0.25) is 0 Å². The van der Waals surface area contributed by atoms with Gasteiger partial charge in [0.05, 0.1) is 0 Å². The Morgan fingerprint density at radius 1 is 1.69 bits per heavy atom. The molecule has 1 aliphatic rings. The van der Waals surface area contributed by atoms with Crippen LogP contribution in [0, 0.1) is 12.8 Å². The number of nitrogens with zero attached hydrogens (tertiary/aromatic N) is 2. The van der Waals surface area contributed by atoms with Gasteiger partial charge in [0.2, 0.25) is 0 Å². The fraction of sp³-hybridized carbons (Fsp3) is 0.700. The first kappa shape index (κ1) is 8.75. The summed E-state index contributed by atoms with van der Waals surface area (Å²) in [7, 11) is 0. The van der Waals surface area contributed by atoms with E-state index in [4.69, 9.17) is 5.73 Å². The topological polar surface area (TPSA) is 43.8 Å². The van der Waals surface area contributed by atoms with E-state index in [1.807, 2.05) is 6.20 Å². The van der Waals surface area contributed by atoms with Gasteiger partial charge in [-0.15, -0.1) is 0 Å². The predicted octanol–water partition coefficient (Wildman–Crippen LogP) is 1.10. The zero-order valence-electron chi connectivity index (χ0n) is 8.33. The van der Waals surface area contributed by atoms with E-state index in [1.54, 1.807) is 0 Å². The second kappa shape index (κ2) is 3.14. The van der Waals surface area contributed by atoms with Crippen molar-refractivity contribution in [1.82, 2.24) is 9.55 Å². The van der Waals surface area contributed by atoms with Crippen LogP contribution in [-0.4, -0.2) is 15.6 Å². The molecule has 3 heteroatoms. The average molecular weight is 179 g/mol. The number of fused-ring (bicyclic) bond motifs is 1. The Hall–Kier alpha value is -0.830. The Morgan fingerprint density at radius 2 is 2.46 bits per heavy atom. The van der Waals surface area contributed by atoms with Gasteiger partial charge in [0.1, 0.15) is 5.82 Å². The maximum Gasteiger partial charge on any atom is 0.105 e. The summed E-state index contributed by atoms with van der Waals surface area (Å²) in [6, 6.07) is 0.301. The summed E-state index contributed by atoms with van der Waals surface area (Å²) in [5.74, 6) is 1.75. The van der Waals surface area contributed by atoms with Gasteiger partial charge in [-0.05, 0) is 32.6 Å². The summed E-state index contributed by atoms with van der Waals surface area (Å²) in [5.41, 5.74) is 7.28. The monoisotopic (exact) mass is 179 g/mol. The molecular weight excluding hydrogens is 162 g/mol. The molecule has 0 amide bonds. The molecule has 1 aromatic rings. The smallest absolute Gasteiger partial charge is 0.105 e. The van der Waals surface area contributed by atoms with Crippen molar-refractivity contribution in [3.63, 3.8) is 0 Å². The van der Waals surface area contributed by atoms with Crippen LogP contribution < -0.4 is 5.73 Å². The van der Waals surface area contributed by atoms with Crippen LogP contribution in [0.25, 0.3) is 0 Å². The van der Waals surface area contributed by atoms with Gasteiger partial charge in [-0.2, -0.15) is 0 Å². The largest absolute Gasteiger partial charge is 0.332 e. The average Bonchev–Trinajstić information content (AvgIpc) is 2.47. The number of aryl methyl sites for hydroxylation is 2. The third kappa shape index (κ3) is 1.48.